The number of aliphatic hydroxyl groups is 2. The van der Waals surface area contributed by atoms with E-state index in [0.717, 1.165) is 5.56 Å². The molecule has 1 rings (SSSR count). The molecule has 92 valence electrons. The number of rotatable bonds is 5. The van der Waals surface area contributed by atoms with E-state index in [1.54, 1.807) is 0 Å². The third-order valence-electron chi connectivity index (χ3n) is 3.24. The molecule has 2 N–H and O–H groups in total. The van der Waals surface area contributed by atoms with E-state index >= 15 is 0 Å². The molecule has 0 aliphatic carbocycles. The summed E-state index contributed by atoms with van der Waals surface area (Å²) in [6.07, 6.45) is -0.612. The van der Waals surface area contributed by atoms with Crippen LogP contribution in [0.5, 0.6) is 0 Å². The molecule has 0 heterocycles. The minimum atomic E-state index is -0.864. The maximum atomic E-state index is 9.63. The topological polar surface area (TPSA) is 64.2 Å². The third-order valence-corrected chi connectivity index (χ3v) is 3.24. The summed E-state index contributed by atoms with van der Waals surface area (Å²) >= 11 is 0. The van der Waals surface area contributed by atoms with Crippen molar-refractivity contribution in [3.8, 4) is 6.07 Å². The maximum absolute atomic E-state index is 9.63. The van der Waals surface area contributed by atoms with Crippen LogP contribution in [0.1, 0.15) is 25.8 Å². The van der Waals surface area contributed by atoms with Gasteiger partial charge in [0.25, 0.3) is 0 Å². The van der Waals surface area contributed by atoms with Gasteiger partial charge in [0, 0.05) is 0 Å². The minimum Gasteiger partial charge on any atom is -0.394 e. The van der Waals surface area contributed by atoms with E-state index < -0.39 is 11.5 Å². The molecule has 0 radical (unpaired) electrons. The standard InChI is InChI=1S/C14H19NO2/c1-11(2)14(10-15,8-13(17)9-16)12-6-4-3-5-7-12/h3-7,11,13,16-17H,8-9H2,1-2H3/t13-,14-/m1/s1. The molecule has 0 saturated carbocycles. The second-order valence-electron chi connectivity index (χ2n) is 4.64. The molecule has 3 nitrogen and oxygen atoms in total. The summed E-state index contributed by atoms with van der Waals surface area (Å²) in [4.78, 5) is 0. The lowest BCUT2D eigenvalue weighted by Crippen LogP contribution is -2.36. The number of hydrogen-bond acceptors (Lipinski definition) is 3. The van der Waals surface area contributed by atoms with Crippen molar-refractivity contribution in [2.45, 2.75) is 31.8 Å². The third kappa shape index (κ3) is 2.85. The molecule has 0 spiro atoms. The van der Waals surface area contributed by atoms with E-state index in [9.17, 15) is 10.4 Å². The lowest BCUT2D eigenvalue weighted by molar-refractivity contribution is 0.0675. The first-order valence-electron chi connectivity index (χ1n) is 5.82. The van der Waals surface area contributed by atoms with Crippen molar-refractivity contribution in [2.75, 3.05) is 6.61 Å². The Kier molecular flexibility index (Phi) is 4.68. The lowest BCUT2D eigenvalue weighted by atomic mass is 9.69. The van der Waals surface area contributed by atoms with Crippen molar-refractivity contribution < 1.29 is 10.2 Å². The Balaban J connectivity index is 3.15. The van der Waals surface area contributed by atoms with Crippen LogP contribution in [0.4, 0.5) is 0 Å². The molecule has 1 aromatic carbocycles. The molecule has 3 heteroatoms. The van der Waals surface area contributed by atoms with Gasteiger partial charge in [-0.3, -0.25) is 0 Å². The van der Waals surface area contributed by atoms with Crippen LogP contribution in [0.25, 0.3) is 0 Å². The van der Waals surface area contributed by atoms with Crippen LogP contribution >= 0.6 is 0 Å². The smallest absolute Gasteiger partial charge is 0.0870 e. The molecule has 0 aromatic heterocycles. The molecule has 17 heavy (non-hydrogen) atoms. The van der Waals surface area contributed by atoms with Crippen LogP contribution in [0, 0.1) is 17.2 Å². The number of nitriles is 1. The average Bonchev–Trinajstić information content (AvgIpc) is 2.36. The molecular weight excluding hydrogens is 214 g/mol. The lowest BCUT2D eigenvalue weighted by Gasteiger charge is -2.32. The van der Waals surface area contributed by atoms with Gasteiger partial charge in [0.05, 0.1) is 24.2 Å². The SMILES string of the molecule is CC(C)[C@](C#N)(C[C@@H](O)CO)c1ccccc1. The van der Waals surface area contributed by atoms with Crippen molar-refractivity contribution in [3.05, 3.63) is 35.9 Å². The highest BCUT2D eigenvalue weighted by Gasteiger charge is 2.37. The first-order chi connectivity index (χ1) is 8.06. The fraction of sp³-hybridized carbons (Fsp3) is 0.500. The van der Waals surface area contributed by atoms with Crippen LogP contribution in [-0.4, -0.2) is 22.9 Å². The second kappa shape index (κ2) is 5.81. The zero-order valence-electron chi connectivity index (χ0n) is 10.3. The highest BCUT2D eigenvalue weighted by atomic mass is 16.3. The molecule has 0 aliphatic heterocycles. The van der Waals surface area contributed by atoms with Crippen molar-refractivity contribution in [2.24, 2.45) is 5.92 Å². The zero-order chi connectivity index (χ0) is 12.9. The Bertz CT molecular complexity index is 383. The largest absolute Gasteiger partial charge is 0.394 e. The van der Waals surface area contributed by atoms with Gasteiger partial charge >= 0.3 is 0 Å². The molecule has 1 aromatic rings. The van der Waals surface area contributed by atoms with E-state index in [2.05, 4.69) is 6.07 Å². The maximum Gasteiger partial charge on any atom is 0.0870 e. The van der Waals surface area contributed by atoms with Gasteiger partial charge < -0.3 is 10.2 Å². The summed E-state index contributed by atoms with van der Waals surface area (Å²) in [6, 6.07) is 11.8. The van der Waals surface area contributed by atoms with Crippen LogP contribution in [-0.2, 0) is 5.41 Å². The minimum absolute atomic E-state index is 0.0658. The van der Waals surface area contributed by atoms with Gasteiger partial charge in [0.15, 0.2) is 0 Å². The van der Waals surface area contributed by atoms with E-state index in [4.69, 9.17) is 5.11 Å². The highest BCUT2D eigenvalue weighted by Crippen LogP contribution is 2.36. The monoisotopic (exact) mass is 233 g/mol. The van der Waals surface area contributed by atoms with Crippen molar-refractivity contribution in [1.29, 1.82) is 5.26 Å². The summed E-state index contributed by atoms with van der Waals surface area (Å²) in [5.74, 6) is 0.0658. The predicted octanol–water partition coefficient (Wildman–Crippen LogP) is 1.85. The Labute approximate surface area is 102 Å². The summed E-state index contributed by atoms with van der Waals surface area (Å²) in [5.41, 5.74) is 0.147. The average molecular weight is 233 g/mol. The Morgan fingerprint density at radius 1 is 1.29 bits per heavy atom. The molecular formula is C14H19NO2. The molecule has 0 unspecified atom stereocenters. The van der Waals surface area contributed by atoms with E-state index in [1.165, 1.54) is 0 Å². The first-order valence-corrected chi connectivity index (χ1v) is 5.82. The summed E-state index contributed by atoms with van der Waals surface area (Å²) in [5, 5.41) is 28.1. The van der Waals surface area contributed by atoms with Crippen LogP contribution in [0.3, 0.4) is 0 Å². The second-order valence-corrected chi connectivity index (χ2v) is 4.64. The number of nitrogens with zero attached hydrogens (tertiary/aromatic N) is 1. The molecule has 0 amide bonds. The van der Waals surface area contributed by atoms with Crippen LogP contribution in [0.2, 0.25) is 0 Å². The fourth-order valence-corrected chi connectivity index (χ4v) is 2.10. The predicted molar refractivity (Wildman–Crippen MR) is 66.3 cm³/mol. The normalized spacial score (nSPS) is 16.2. The van der Waals surface area contributed by atoms with Crippen molar-refractivity contribution >= 4 is 0 Å². The van der Waals surface area contributed by atoms with E-state index in [-0.39, 0.29) is 18.9 Å². The Morgan fingerprint density at radius 3 is 2.29 bits per heavy atom. The highest BCUT2D eigenvalue weighted by molar-refractivity contribution is 5.33. The number of hydrogen-bond donors (Lipinski definition) is 2. The van der Waals surface area contributed by atoms with Crippen LogP contribution < -0.4 is 0 Å². The first kappa shape index (κ1) is 13.7. The quantitative estimate of drug-likeness (QED) is 0.815. The van der Waals surface area contributed by atoms with Crippen molar-refractivity contribution in [1.82, 2.24) is 0 Å². The summed E-state index contributed by atoms with van der Waals surface area (Å²) in [6.45, 7) is 3.60. The van der Waals surface area contributed by atoms with Gasteiger partial charge in [-0.1, -0.05) is 44.2 Å². The van der Waals surface area contributed by atoms with Gasteiger partial charge in [-0.05, 0) is 17.9 Å². The van der Waals surface area contributed by atoms with Gasteiger partial charge in [0.1, 0.15) is 0 Å². The Hall–Kier alpha value is -1.37. The summed E-state index contributed by atoms with van der Waals surface area (Å²) in [7, 11) is 0. The molecule has 0 bridgehead atoms. The Morgan fingerprint density at radius 2 is 1.88 bits per heavy atom. The van der Waals surface area contributed by atoms with Gasteiger partial charge in [0.2, 0.25) is 0 Å². The molecule has 0 fully saturated rings. The number of benzene rings is 1. The van der Waals surface area contributed by atoms with E-state index in [1.807, 2.05) is 44.2 Å². The van der Waals surface area contributed by atoms with Crippen LogP contribution in [0.15, 0.2) is 30.3 Å². The number of aliphatic hydroxyl groups excluding tert-OH is 2. The van der Waals surface area contributed by atoms with Gasteiger partial charge in [-0.25, -0.2) is 0 Å². The summed E-state index contributed by atoms with van der Waals surface area (Å²) < 4.78 is 0. The molecule has 0 aliphatic rings. The van der Waals surface area contributed by atoms with Gasteiger partial charge in [-0.15, -0.1) is 0 Å². The van der Waals surface area contributed by atoms with Crippen molar-refractivity contribution in [3.63, 3.8) is 0 Å². The zero-order valence-corrected chi connectivity index (χ0v) is 10.3. The van der Waals surface area contributed by atoms with Gasteiger partial charge in [-0.2, -0.15) is 5.26 Å². The van der Waals surface area contributed by atoms with E-state index in [0.29, 0.717) is 0 Å². The molecule has 2 atom stereocenters. The molecule has 0 saturated heterocycles. The fourth-order valence-electron chi connectivity index (χ4n) is 2.10.